The lowest BCUT2D eigenvalue weighted by molar-refractivity contribution is 0.475. The minimum Gasteiger partial charge on any atom is -0.508 e. The number of phenols is 1. The van der Waals surface area contributed by atoms with Crippen LogP contribution in [0.15, 0.2) is 24.3 Å². The Labute approximate surface area is 91.9 Å². The molecular formula is C10H10ClN3O. The minimum atomic E-state index is 0.132. The van der Waals surface area contributed by atoms with Crippen molar-refractivity contribution in [1.29, 1.82) is 0 Å². The summed E-state index contributed by atoms with van der Waals surface area (Å²) in [7, 11) is 1.76. The molecule has 2 rings (SSSR count). The lowest BCUT2D eigenvalue weighted by Crippen LogP contribution is -1.96. The molecule has 4 nitrogen and oxygen atoms in total. The zero-order valence-electron chi connectivity index (χ0n) is 8.11. The van der Waals surface area contributed by atoms with E-state index in [4.69, 9.17) is 17.3 Å². The van der Waals surface area contributed by atoms with Crippen LogP contribution in [0.5, 0.6) is 5.75 Å². The van der Waals surface area contributed by atoms with Gasteiger partial charge in [-0.2, -0.15) is 5.10 Å². The van der Waals surface area contributed by atoms with Gasteiger partial charge in [0.2, 0.25) is 0 Å². The first kappa shape index (κ1) is 9.86. The molecule has 0 spiro atoms. The molecule has 0 aliphatic heterocycles. The molecule has 0 atom stereocenters. The number of halogens is 1. The van der Waals surface area contributed by atoms with Gasteiger partial charge in [0.05, 0.1) is 10.7 Å². The second-order valence-electron chi connectivity index (χ2n) is 3.24. The smallest absolute Gasteiger partial charge is 0.121 e. The number of nitrogens with two attached hydrogens (primary N) is 1. The number of hydrogen-bond acceptors (Lipinski definition) is 3. The average molecular weight is 224 g/mol. The molecule has 1 aromatic carbocycles. The number of aromatic hydroxyl groups is 1. The third-order valence-electron chi connectivity index (χ3n) is 2.14. The zero-order valence-corrected chi connectivity index (χ0v) is 8.86. The lowest BCUT2D eigenvalue weighted by atomic mass is 10.1. The van der Waals surface area contributed by atoms with Gasteiger partial charge in [-0.15, -0.1) is 0 Å². The number of rotatable bonds is 1. The molecule has 0 unspecified atom stereocenters. The lowest BCUT2D eigenvalue weighted by Gasteiger charge is -2.00. The van der Waals surface area contributed by atoms with Crippen LogP contribution in [-0.2, 0) is 7.05 Å². The van der Waals surface area contributed by atoms with E-state index in [1.807, 2.05) is 0 Å². The number of aromatic nitrogens is 2. The summed E-state index contributed by atoms with van der Waals surface area (Å²) < 4.78 is 1.57. The highest BCUT2D eigenvalue weighted by atomic mass is 35.5. The van der Waals surface area contributed by atoms with Crippen molar-refractivity contribution < 1.29 is 5.11 Å². The quantitative estimate of drug-likeness (QED) is 0.778. The van der Waals surface area contributed by atoms with E-state index in [0.717, 1.165) is 5.56 Å². The molecule has 1 heterocycles. The fraction of sp³-hybridized carbons (Fsp3) is 0.100. The van der Waals surface area contributed by atoms with Gasteiger partial charge in [-0.1, -0.05) is 11.6 Å². The molecule has 3 N–H and O–H groups in total. The van der Waals surface area contributed by atoms with Gasteiger partial charge in [-0.05, 0) is 18.2 Å². The Kier molecular flexibility index (Phi) is 2.28. The maximum atomic E-state index is 9.21. The van der Waals surface area contributed by atoms with Gasteiger partial charge in [0.1, 0.15) is 11.6 Å². The summed E-state index contributed by atoms with van der Waals surface area (Å²) in [6, 6.07) is 6.48. The van der Waals surface area contributed by atoms with Crippen molar-refractivity contribution in [1.82, 2.24) is 9.78 Å². The van der Waals surface area contributed by atoms with E-state index in [0.29, 0.717) is 16.5 Å². The molecule has 78 valence electrons. The number of nitrogen functional groups attached to an aromatic ring is 1. The van der Waals surface area contributed by atoms with E-state index in [9.17, 15) is 5.11 Å². The molecule has 0 saturated heterocycles. The van der Waals surface area contributed by atoms with Crippen LogP contribution in [0, 0.1) is 0 Å². The Hall–Kier alpha value is -1.68. The number of benzene rings is 1. The standard InChI is InChI=1S/C10H10ClN3O/c1-14-10(12)5-9(13-14)7-3-2-6(15)4-8(7)11/h2-5,15H,12H2,1H3. The summed E-state index contributed by atoms with van der Waals surface area (Å²) >= 11 is 5.98. The summed E-state index contributed by atoms with van der Waals surface area (Å²) in [6.07, 6.45) is 0. The van der Waals surface area contributed by atoms with Gasteiger partial charge in [-0.25, -0.2) is 0 Å². The number of phenolic OH excluding ortho intramolecular Hbond substituents is 1. The molecule has 0 bridgehead atoms. The van der Waals surface area contributed by atoms with Crippen LogP contribution in [0.1, 0.15) is 0 Å². The molecule has 1 aromatic heterocycles. The molecule has 2 aromatic rings. The molecule has 0 aliphatic rings. The Morgan fingerprint density at radius 2 is 2.13 bits per heavy atom. The summed E-state index contributed by atoms with van der Waals surface area (Å²) in [5.74, 6) is 0.696. The van der Waals surface area contributed by atoms with Crippen molar-refractivity contribution in [2.24, 2.45) is 7.05 Å². The molecule has 15 heavy (non-hydrogen) atoms. The Morgan fingerprint density at radius 1 is 1.40 bits per heavy atom. The average Bonchev–Trinajstić information content (AvgIpc) is 2.46. The first-order chi connectivity index (χ1) is 7.08. The second-order valence-corrected chi connectivity index (χ2v) is 3.65. The van der Waals surface area contributed by atoms with Gasteiger partial charge in [0.15, 0.2) is 0 Å². The summed E-state index contributed by atoms with van der Waals surface area (Å²) in [5, 5.41) is 13.9. The maximum absolute atomic E-state index is 9.21. The van der Waals surface area contributed by atoms with E-state index in [-0.39, 0.29) is 5.75 Å². The van der Waals surface area contributed by atoms with Crippen LogP contribution >= 0.6 is 11.6 Å². The van der Waals surface area contributed by atoms with Crippen molar-refractivity contribution in [2.45, 2.75) is 0 Å². The highest BCUT2D eigenvalue weighted by Crippen LogP contribution is 2.30. The topological polar surface area (TPSA) is 64.1 Å². The first-order valence-corrected chi connectivity index (χ1v) is 4.74. The van der Waals surface area contributed by atoms with Gasteiger partial charge in [0.25, 0.3) is 0 Å². The molecule has 5 heteroatoms. The predicted molar refractivity (Wildman–Crippen MR) is 59.7 cm³/mol. The van der Waals surface area contributed by atoms with Crippen LogP contribution < -0.4 is 5.73 Å². The van der Waals surface area contributed by atoms with Crippen LogP contribution in [0.3, 0.4) is 0 Å². The van der Waals surface area contributed by atoms with E-state index in [2.05, 4.69) is 5.10 Å². The van der Waals surface area contributed by atoms with Crippen molar-refractivity contribution in [3.63, 3.8) is 0 Å². The van der Waals surface area contributed by atoms with Crippen molar-refractivity contribution in [3.05, 3.63) is 29.3 Å². The van der Waals surface area contributed by atoms with Crippen molar-refractivity contribution in [3.8, 4) is 17.0 Å². The Balaban J connectivity index is 2.54. The predicted octanol–water partition coefficient (Wildman–Crippen LogP) is 2.03. The molecule has 0 amide bonds. The normalized spacial score (nSPS) is 10.5. The Morgan fingerprint density at radius 3 is 2.67 bits per heavy atom. The molecule has 0 saturated carbocycles. The maximum Gasteiger partial charge on any atom is 0.121 e. The third kappa shape index (κ3) is 1.76. The SMILES string of the molecule is Cn1nc(-c2ccc(O)cc2Cl)cc1N. The van der Waals surface area contributed by atoms with Gasteiger partial charge >= 0.3 is 0 Å². The second kappa shape index (κ2) is 3.47. The minimum absolute atomic E-state index is 0.132. The number of anilines is 1. The zero-order chi connectivity index (χ0) is 11.0. The van der Waals surface area contributed by atoms with E-state index >= 15 is 0 Å². The largest absolute Gasteiger partial charge is 0.508 e. The summed E-state index contributed by atoms with van der Waals surface area (Å²) in [6.45, 7) is 0. The van der Waals surface area contributed by atoms with Gasteiger partial charge in [0, 0.05) is 18.7 Å². The molecular weight excluding hydrogens is 214 g/mol. The van der Waals surface area contributed by atoms with E-state index in [1.54, 1.807) is 29.9 Å². The van der Waals surface area contributed by atoms with Crippen LogP contribution in [0.25, 0.3) is 11.3 Å². The van der Waals surface area contributed by atoms with Crippen molar-refractivity contribution in [2.75, 3.05) is 5.73 Å². The van der Waals surface area contributed by atoms with E-state index < -0.39 is 0 Å². The van der Waals surface area contributed by atoms with Crippen molar-refractivity contribution >= 4 is 17.4 Å². The third-order valence-corrected chi connectivity index (χ3v) is 2.46. The fourth-order valence-corrected chi connectivity index (χ4v) is 1.60. The number of aryl methyl sites for hydroxylation is 1. The monoisotopic (exact) mass is 223 g/mol. The molecule has 0 fully saturated rings. The molecule has 0 aliphatic carbocycles. The highest BCUT2D eigenvalue weighted by Gasteiger charge is 2.08. The molecule has 0 radical (unpaired) electrons. The summed E-state index contributed by atoms with van der Waals surface area (Å²) in [5.41, 5.74) is 7.11. The fourth-order valence-electron chi connectivity index (χ4n) is 1.33. The van der Waals surface area contributed by atoms with Crippen LogP contribution in [0.2, 0.25) is 5.02 Å². The number of nitrogens with zero attached hydrogens (tertiary/aromatic N) is 2. The van der Waals surface area contributed by atoms with Crippen LogP contribution in [-0.4, -0.2) is 14.9 Å². The van der Waals surface area contributed by atoms with E-state index in [1.165, 1.54) is 6.07 Å². The number of hydrogen-bond donors (Lipinski definition) is 2. The summed E-state index contributed by atoms with van der Waals surface area (Å²) in [4.78, 5) is 0. The Bertz CT molecular complexity index is 488. The first-order valence-electron chi connectivity index (χ1n) is 4.36. The van der Waals surface area contributed by atoms with Gasteiger partial charge < -0.3 is 10.8 Å². The van der Waals surface area contributed by atoms with Crippen LogP contribution in [0.4, 0.5) is 5.82 Å². The van der Waals surface area contributed by atoms with Gasteiger partial charge in [-0.3, -0.25) is 4.68 Å². The highest BCUT2D eigenvalue weighted by molar-refractivity contribution is 6.33.